The smallest absolute Gasteiger partial charge is 0.123 e. The number of para-hydroxylation sites is 1. The van der Waals surface area contributed by atoms with E-state index in [9.17, 15) is 0 Å². The Hall–Kier alpha value is -1.06. The topological polar surface area (TPSA) is 24.5 Å². The van der Waals surface area contributed by atoms with Crippen molar-refractivity contribution in [2.24, 2.45) is 0 Å². The number of nitrogens with one attached hydrogen (secondary N) is 1. The molecule has 2 rings (SSSR count). The summed E-state index contributed by atoms with van der Waals surface area (Å²) in [6, 6.07) is 8.88. The van der Waals surface area contributed by atoms with E-state index in [0.29, 0.717) is 12.1 Å². The average molecular weight is 248 g/mol. The fourth-order valence-corrected chi connectivity index (χ4v) is 2.25. The highest BCUT2D eigenvalue weighted by Gasteiger charge is 2.22. The van der Waals surface area contributed by atoms with Gasteiger partial charge in [0.05, 0.1) is 0 Å². The van der Waals surface area contributed by atoms with Crippen LogP contribution in [0.1, 0.15) is 18.9 Å². The van der Waals surface area contributed by atoms with Gasteiger partial charge < -0.3 is 15.0 Å². The van der Waals surface area contributed by atoms with Crippen molar-refractivity contribution >= 4 is 0 Å². The Morgan fingerprint density at radius 3 is 2.89 bits per heavy atom. The van der Waals surface area contributed by atoms with Crippen molar-refractivity contribution in [1.29, 1.82) is 0 Å². The first-order valence-electron chi connectivity index (χ1n) is 6.78. The predicted molar refractivity (Wildman–Crippen MR) is 75.2 cm³/mol. The monoisotopic (exact) mass is 248 g/mol. The molecule has 1 heterocycles. The molecule has 100 valence electrons. The SMILES string of the molecule is CC(CCN(C)C)NCC1Cc2ccccc2O1. The fraction of sp³-hybridized carbons (Fsp3) is 0.600. The molecule has 1 aliphatic heterocycles. The molecule has 3 heteroatoms. The van der Waals surface area contributed by atoms with Gasteiger partial charge in [0.15, 0.2) is 0 Å². The van der Waals surface area contributed by atoms with Crippen LogP contribution in [-0.4, -0.2) is 44.2 Å². The van der Waals surface area contributed by atoms with Gasteiger partial charge in [-0.1, -0.05) is 18.2 Å². The van der Waals surface area contributed by atoms with E-state index in [1.807, 2.05) is 6.07 Å². The lowest BCUT2D eigenvalue weighted by molar-refractivity contribution is 0.219. The Labute approximate surface area is 110 Å². The van der Waals surface area contributed by atoms with Gasteiger partial charge in [0, 0.05) is 19.0 Å². The molecule has 0 spiro atoms. The molecule has 1 aromatic rings. The van der Waals surface area contributed by atoms with Gasteiger partial charge in [-0.15, -0.1) is 0 Å². The summed E-state index contributed by atoms with van der Waals surface area (Å²) in [5.74, 6) is 1.06. The lowest BCUT2D eigenvalue weighted by Crippen LogP contribution is -2.37. The summed E-state index contributed by atoms with van der Waals surface area (Å²) in [6.45, 7) is 4.30. The Morgan fingerprint density at radius 2 is 2.17 bits per heavy atom. The molecule has 2 unspecified atom stereocenters. The standard InChI is InChI=1S/C15H24N2O/c1-12(8-9-17(2)3)16-11-14-10-13-6-4-5-7-15(13)18-14/h4-7,12,14,16H,8-11H2,1-3H3. The van der Waals surface area contributed by atoms with Gasteiger partial charge in [-0.2, -0.15) is 0 Å². The highest BCUT2D eigenvalue weighted by molar-refractivity contribution is 5.37. The molecular weight excluding hydrogens is 224 g/mol. The van der Waals surface area contributed by atoms with Crippen LogP contribution in [0.2, 0.25) is 0 Å². The van der Waals surface area contributed by atoms with Crippen molar-refractivity contribution < 1.29 is 4.74 Å². The van der Waals surface area contributed by atoms with Crippen molar-refractivity contribution in [1.82, 2.24) is 10.2 Å². The van der Waals surface area contributed by atoms with Crippen molar-refractivity contribution in [2.75, 3.05) is 27.2 Å². The van der Waals surface area contributed by atoms with Crippen LogP contribution in [-0.2, 0) is 6.42 Å². The molecule has 1 aliphatic rings. The predicted octanol–water partition coefficient (Wildman–Crippen LogP) is 1.92. The van der Waals surface area contributed by atoms with Crippen molar-refractivity contribution in [3.63, 3.8) is 0 Å². The van der Waals surface area contributed by atoms with Gasteiger partial charge in [0.25, 0.3) is 0 Å². The lowest BCUT2D eigenvalue weighted by atomic mass is 10.1. The zero-order chi connectivity index (χ0) is 13.0. The van der Waals surface area contributed by atoms with E-state index >= 15 is 0 Å². The van der Waals surface area contributed by atoms with E-state index in [1.165, 1.54) is 12.0 Å². The number of rotatable bonds is 6. The van der Waals surface area contributed by atoms with Gasteiger partial charge in [-0.05, 0) is 45.6 Å². The lowest BCUT2D eigenvalue weighted by Gasteiger charge is -2.19. The van der Waals surface area contributed by atoms with Gasteiger partial charge in [-0.3, -0.25) is 0 Å². The third-order valence-electron chi connectivity index (χ3n) is 3.42. The molecule has 0 aromatic heterocycles. The fourth-order valence-electron chi connectivity index (χ4n) is 2.25. The van der Waals surface area contributed by atoms with Crippen molar-refractivity contribution in [2.45, 2.75) is 31.9 Å². The van der Waals surface area contributed by atoms with Crippen LogP contribution in [0.4, 0.5) is 0 Å². The van der Waals surface area contributed by atoms with E-state index in [1.54, 1.807) is 0 Å². The summed E-state index contributed by atoms with van der Waals surface area (Å²) in [5.41, 5.74) is 1.34. The Balaban J connectivity index is 1.70. The minimum atomic E-state index is 0.296. The second kappa shape index (κ2) is 6.21. The van der Waals surface area contributed by atoms with Crippen LogP contribution in [0.5, 0.6) is 5.75 Å². The average Bonchev–Trinajstić information content (AvgIpc) is 2.76. The summed E-state index contributed by atoms with van der Waals surface area (Å²) in [5, 5.41) is 3.56. The zero-order valence-corrected chi connectivity index (χ0v) is 11.6. The quantitative estimate of drug-likeness (QED) is 0.832. The molecule has 18 heavy (non-hydrogen) atoms. The van der Waals surface area contributed by atoms with Gasteiger partial charge in [0.2, 0.25) is 0 Å². The van der Waals surface area contributed by atoms with E-state index in [-0.39, 0.29) is 0 Å². The van der Waals surface area contributed by atoms with Crippen LogP contribution in [0.25, 0.3) is 0 Å². The Bertz CT molecular complexity index is 354. The summed E-state index contributed by atoms with van der Waals surface area (Å²) >= 11 is 0. The molecule has 0 saturated heterocycles. The van der Waals surface area contributed by atoms with Crippen molar-refractivity contribution in [3.8, 4) is 5.75 Å². The molecule has 0 radical (unpaired) electrons. The highest BCUT2D eigenvalue weighted by atomic mass is 16.5. The minimum absolute atomic E-state index is 0.296. The second-order valence-electron chi connectivity index (χ2n) is 5.45. The van der Waals surface area contributed by atoms with E-state index in [0.717, 1.165) is 25.3 Å². The first-order valence-corrected chi connectivity index (χ1v) is 6.78. The number of hydrogen-bond donors (Lipinski definition) is 1. The number of nitrogens with zero attached hydrogens (tertiary/aromatic N) is 1. The van der Waals surface area contributed by atoms with Crippen LogP contribution < -0.4 is 10.1 Å². The Morgan fingerprint density at radius 1 is 1.39 bits per heavy atom. The second-order valence-corrected chi connectivity index (χ2v) is 5.45. The van der Waals surface area contributed by atoms with E-state index in [4.69, 9.17) is 4.74 Å². The summed E-state index contributed by atoms with van der Waals surface area (Å²) < 4.78 is 5.91. The molecule has 0 aliphatic carbocycles. The first kappa shape index (κ1) is 13.4. The van der Waals surface area contributed by atoms with Crippen LogP contribution >= 0.6 is 0 Å². The number of benzene rings is 1. The van der Waals surface area contributed by atoms with Gasteiger partial charge in [0.1, 0.15) is 11.9 Å². The van der Waals surface area contributed by atoms with Crippen molar-refractivity contribution in [3.05, 3.63) is 29.8 Å². The molecule has 3 nitrogen and oxygen atoms in total. The van der Waals surface area contributed by atoms with Crippen LogP contribution in [0.3, 0.4) is 0 Å². The summed E-state index contributed by atoms with van der Waals surface area (Å²) in [7, 11) is 4.23. The van der Waals surface area contributed by atoms with Gasteiger partial charge in [-0.25, -0.2) is 0 Å². The molecule has 0 saturated carbocycles. The van der Waals surface area contributed by atoms with E-state index < -0.39 is 0 Å². The van der Waals surface area contributed by atoms with Crippen LogP contribution in [0.15, 0.2) is 24.3 Å². The normalized spacial score (nSPS) is 19.7. The van der Waals surface area contributed by atoms with Crippen LogP contribution in [0, 0.1) is 0 Å². The maximum Gasteiger partial charge on any atom is 0.123 e. The summed E-state index contributed by atoms with van der Waals surface area (Å²) in [6.07, 6.45) is 2.50. The highest BCUT2D eigenvalue weighted by Crippen LogP contribution is 2.27. The number of fused-ring (bicyclic) bond motifs is 1. The molecule has 1 N–H and O–H groups in total. The number of hydrogen-bond acceptors (Lipinski definition) is 3. The summed E-state index contributed by atoms with van der Waals surface area (Å²) in [4.78, 5) is 2.22. The molecule has 0 fully saturated rings. The molecule has 1 aromatic carbocycles. The molecular formula is C15H24N2O. The number of ether oxygens (including phenoxy) is 1. The minimum Gasteiger partial charge on any atom is -0.488 e. The van der Waals surface area contributed by atoms with E-state index in [2.05, 4.69) is 49.4 Å². The Kier molecular flexibility index (Phi) is 4.61. The largest absolute Gasteiger partial charge is 0.488 e. The zero-order valence-electron chi connectivity index (χ0n) is 11.6. The molecule has 0 bridgehead atoms. The molecule has 0 amide bonds. The molecule has 2 atom stereocenters. The maximum atomic E-state index is 5.91. The first-order chi connectivity index (χ1) is 8.65. The maximum absolute atomic E-state index is 5.91. The van der Waals surface area contributed by atoms with Gasteiger partial charge >= 0.3 is 0 Å². The third-order valence-corrected chi connectivity index (χ3v) is 3.42. The third kappa shape index (κ3) is 3.72.